The van der Waals surface area contributed by atoms with Gasteiger partial charge in [0.15, 0.2) is 5.79 Å². The normalized spacial score (nSPS) is 27.3. The molecule has 3 rings (SSSR count). The zero-order valence-corrected chi connectivity index (χ0v) is 11.4. The van der Waals surface area contributed by atoms with E-state index < -0.39 is 0 Å². The highest BCUT2D eigenvalue weighted by Crippen LogP contribution is 2.37. The molecular weight excluding hydrogens is 244 g/mol. The third-order valence-electron chi connectivity index (χ3n) is 4.33. The Kier molecular flexibility index (Phi) is 3.89. The van der Waals surface area contributed by atoms with Crippen LogP contribution in [-0.2, 0) is 19.0 Å². The molecule has 4 heteroatoms. The first-order valence-corrected chi connectivity index (χ1v) is 7.45. The van der Waals surface area contributed by atoms with Crippen molar-refractivity contribution < 1.29 is 19.0 Å². The maximum atomic E-state index is 12.0. The van der Waals surface area contributed by atoms with Crippen LogP contribution in [0.3, 0.4) is 0 Å². The number of carbonyl (C=O) groups is 1. The van der Waals surface area contributed by atoms with Crippen LogP contribution >= 0.6 is 0 Å². The average molecular weight is 266 g/mol. The van der Waals surface area contributed by atoms with E-state index in [0.717, 1.165) is 50.5 Å². The minimum atomic E-state index is -0.368. The highest BCUT2D eigenvalue weighted by atomic mass is 16.7. The molecule has 0 aromatic rings. The molecule has 3 aliphatic rings. The molecule has 2 aliphatic carbocycles. The van der Waals surface area contributed by atoms with E-state index >= 15 is 0 Å². The standard InChI is InChI=1S/C15H22O4/c16-14(12-4-2-1-3-5-12)19-13-6-8-15(9-7-13)17-10-11-18-15/h4,13H,1-3,5-11H2. The summed E-state index contributed by atoms with van der Waals surface area (Å²) in [6.45, 7) is 1.38. The van der Waals surface area contributed by atoms with Crippen LogP contribution in [0, 0.1) is 0 Å². The first-order valence-electron chi connectivity index (χ1n) is 7.45. The van der Waals surface area contributed by atoms with E-state index in [2.05, 4.69) is 0 Å². The maximum Gasteiger partial charge on any atom is 0.333 e. The molecule has 1 saturated carbocycles. The zero-order chi connectivity index (χ0) is 13.1. The first-order chi connectivity index (χ1) is 9.27. The Bertz CT molecular complexity index is 358. The summed E-state index contributed by atoms with van der Waals surface area (Å²) in [5.74, 6) is -0.471. The van der Waals surface area contributed by atoms with Crippen LogP contribution in [0.5, 0.6) is 0 Å². The fraction of sp³-hybridized carbons (Fsp3) is 0.800. The lowest BCUT2D eigenvalue weighted by atomic mass is 9.91. The molecule has 1 aliphatic heterocycles. The molecule has 1 heterocycles. The number of ether oxygens (including phenoxy) is 3. The van der Waals surface area contributed by atoms with Gasteiger partial charge in [-0.2, -0.15) is 0 Å². The molecule has 0 N–H and O–H groups in total. The van der Waals surface area contributed by atoms with E-state index in [4.69, 9.17) is 14.2 Å². The summed E-state index contributed by atoms with van der Waals surface area (Å²) in [5.41, 5.74) is 0.875. The van der Waals surface area contributed by atoms with Gasteiger partial charge in [0.1, 0.15) is 6.10 Å². The third-order valence-corrected chi connectivity index (χ3v) is 4.33. The van der Waals surface area contributed by atoms with Gasteiger partial charge in [0.25, 0.3) is 0 Å². The van der Waals surface area contributed by atoms with E-state index in [1.807, 2.05) is 6.08 Å². The van der Waals surface area contributed by atoms with Crippen LogP contribution in [-0.4, -0.2) is 31.1 Å². The predicted octanol–water partition coefficient (Wildman–Crippen LogP) is 2.72. The van der Waals surface area contributed by atoms with Crippen LogP contribution in [0.25, 0.3) is 0 Å². The molecule has 0 amide bonds. The number of hydrogen-bond acceptors (Lipinski definition) is 4. The summed E-state index contributed by atoms with van der Waals surface area (Å²) in [5, 5.41) is 0. The van der Waals surface area contributed by atoms with Gasteiger partial charge in [0.05, 0.1) is 13.2 Å². The van der Waals surface area contributed by atoms with Crippen molar-refractivity contribution in [3.63, 3.8) is 0 Å². The van der Waals surface area contributed by atoms with Crippen molar-refractivity contribution in [3.05, 3.63) is 11.6 Å². The Morgan fingerprint density at radius 1 is 1.21 bits per heavy atom. The van der Waals surface area contributed by atoms with Gasteiger partial charge in [-0.25, -0.2) is 4.79 Å². The van der Waals surface area contributed by atoms with Gasteiger partial charge < -0.3 is 14.2 Å². The molecule has 2 fully saturated rings. The quantitative estimate of drug-likeness (QED) is 0.721. The summed E-state index contributed by atoms with van der Waals surface area (Å²) >= 11 is 0. The minimum absolute atomic E-state index is 0.0359. The molecule has 106 valence electrons. The molecule has 0 radical (unpaired) electrons. The summed E-state index contributed by atoms with van der Waals surface area (Å²) < 4.78 is 17.0. The van der Waals surface area contributed by atoms with Crippen molar-refractivity contribution in [2.24, 2.45) is 0 Å². The molecule has 0 unspecified atom stereocenters. The van der Waals surface area contributed by atoms with E-state index in [-0.39, 0.29) is 17.9 Å². The van der Waals surface area contributed by atoms with Gasteiger partial charge >= 0.3 is 5.97 Å². The van der Waals surface area contributed by atoms with Gasteiger partial charge in [-0.3, -0.25) is 0 Å². The lowest BCUT2D eigenvalue weighted by Gasteiger charge is -2.35. The predicted molar refractivity (Wildman–Crippen MR) is 69.5 cm³/mol. The second-order valence-corrected chi connectivity index (χ2v) is 5.69. The van der Waals surface area contributed by atoms with Gasteiger partial charge in [0.2, 0.25) is 0 Å². The van der Waals surface area contributed by atoms with E-state index in [1.165, 1.54) is 6.42 Å². The molecule has 1 spiro atoms. The minimum Gasteiger partial charge on any atom is -0.459 e. The van der Waals surface area contributed by atoms with Gasteiger partial charge in [-0.1, -0.05) is 6.08 Å². The lowest BCUT2D eigenvalue weighted by Crippen LogP contribution is -2.38. The van der Waals surface area contributed by atoms with Crippen molar-refractivity contribution >= 4 is 5.97 Å². The van der Waals surface area contributed by atoms with Gasteiger partial charge in [-0.15, -0.1) is 0 Å². The van der Waals surface area contributed by atoms with Gasteiger partial charge in [-0.05, 0) is 38.5 Å². The summed E-state index contributed by atoms with van der Waals surface area (Å²) in [6, 6.07) is 0. The first kappa shape index (κ1) is 13.1. The Balaban J connectivity index is 1.49. The smallest absolute Gasteiger partial charge is 0.333 e. The van der Waals surface area contributed by atoms with E-state index in [9.17, 15) is 4.79 Å². The molecule has 0 bridgehead atoms. The third kappa shape index (κ3) is 3.00. The molecule has 1 saturated heterocycles. The monoisotopic (exact) mass is 266 g/mol. The number of allylic oxidation sites excluding steroid dienone is 1. The van der Waals surface area contributed by atoms with Crippen molar-refractivity contribution in [2.75, 3.05) is 13.2 Å². The van der Waals surface area contributed by atoms with Crippen LogP contribution in [0.15, 0.2) is 11.6 Å². The van der Waals surface area contributed by atoms with Gasteiger partial charge in [0, 0.05) is 18.4 Å². The fourth-order valence-corrected chi connectivity index (χ4v) is 3.19. The van der Waals surface area contributed by atoms with Crippen LogP contribution in [0.4, 0.5) is 0 Å². The zero-order valence-electron chi connectivity index (χ0n) is 11.4. The fourth-order valence-electron chi connectivity index (χ4n) is 3.19. The Hall–Kier alpha value is -0.870. The van der Waals surface area contributed by atoms with Crippen LogP contribution in [0.2, 0.25) is 0 Å². The number of rotatable bonds is 2. The van der Waals surface area contributed by atoms with E-state index in [0.29, 0.717) is 13.2 Å². The SMILES string of the molecule is O=C(OC1CCC2(CC1)OCCO2)C1=CCCCC1. The van der Waals surface area contributed by atoms with Crippen molar-refractivity contribution in [1.82, 2.24) is 0 Å². The molecule has 0 aromatic heterocycles. The number of hydrogen-bond donors (Lipinski definition) is 0. The highest BCUT2D eigenvalue weighted by Gasteiger charge is 2.41. The van der Waals surface area contributed by atoms with Crippen molar-refractivity contribution in [2.45, 2.75) is 63.3 Å². The number of carbonyl (C=O) groups excluding carboxylic acids is 1. The Morgan fingerprint density at radius 3 is 2.58 bits per heavy atom. The average Bonchev–Trinajstić information content (AvgIpc) is 2.91. The summed E-state index contributed by atoms with van der Waals surface area (Å²) in [6.07, 6.45) is 9.63. The largest absolute Gasteiger partial charge is 0.459 e. The van der Waals surface area contributed by atoms with Crippen molar-refractivity contribution in [3.8, 4) is 0 Å². The summed E-state index contributed by atoms with van der Waals surface area (Å²) in [7, 11) is 0. The van der Waals surface area contributed by atoms with Crippen LogP contribution < -0.4 is 0 Å². The molecular formula is C15H22O4. The number of esters is 1. The molecule has 0 atom stereocenters. The summed E-state index contributed by atoms with van der Waals surface area (Å²) in [4.78, 5) is 12.0. The Labute approximate surface area is 114 Å². The van der Waals surface area contributed by atoms with E-state index in [1.54, 1.807) is 0 Å². The lowest BCUT2D eigenvalue weighted by molar-refractivity contribution is -0.193. The maximum absolute atomic E-state index is 12.0. The van der Waals surface area contributed by atoms with Crippen molar-refractivity contribution in [1.29, 1.82) is 0 Å². The Morgan fingerprint density at radius 2 is 1.95 bits per heavy atom. The van der Waals surface area contributed by atoms with Crippen LogP contribution in [0.1, 0.15) is 51.4 Å². The topological polar surface area (TPSA) is 44.8 Å². The molecule has 0 aromatic carbocycles. The second-order valence-electron chi connectivity index (χ2n) is 5.69. The molecule has 19 heavy (non-hydrogen) atoms. The molecule has 4 nitrogen and oxygen atoms in total. The second kappa shape index (κ2) is 5.63. The highest BCUT2D eigenvalue weighted by molar-refractivity contribution is 5.88.